The van der Waals surface area contributed by atoms with Gasteiger partial charge in [0, 0.05) is 11.4 Å². The van der Waals surface area contributed by atoms with Crippen LogP contribution in [0.1, 0.15) is 45.2 Å². The Kier molecular flexibility index (Phi) is 3.97. The molecule has 0 amide bonds. The molecule has 126 valence electrons. The van der Waals surface area contributed by atoms with Crippen molar-refractivity contribution < 1.29 is 4.79 Å². The molecule has 0 aliphatic heterocycles. The molecule has 0 N–H and O–H groups in total. The van der Waals surface area contributed by atoms with Crippen molar-refractivity contribution in [1.29, 1.82) is 0 Å². The second-order valence-corrected chi connectivity index (χ2v) is 7.17. The first-order chi connectivity index (χ1) is 12.0. The number of benzene rings is 2. The number of rotatable bonds is 2. The van der Waals surface area contributed by atoms with Gasteiger partial charge in [-0.3, -0.25) is 4.79 Å². The average molecular weight is 351 g/mol. The number of carbonyl (C=O) groups excluding carboxylic acids is 1. The van der Waals surface area contributed by atoms with Crippen molar-refractivity contribution in [1.82, 2.24) is 9.78 Å². The fourth-order valence-corrected chi connectivity index (χ4v) is 3.75. The van der Waals surface area contributed by atoms with Gasteiger partial charge >= 0.3 is 0 Å². The van der Waals surface area contributed by atoms with Crippen LogP contribution in [0.2, 0.25) is 5.02 Å². The number of aryl methyl sites for hydroxylation is 2. The predicted octanol–water partition coefficient (Wildman–Crippen LogP) is 5.06. The zero-order valence-corrected chi connectivity index (χ0v) is 15.0. The van der Waals surface area contributed by atoms with Gasteiger partial charge in [0.15, 0.2) is 5.78 Å². The van der Waals surface area contributed by atoms with Crippen molar-refractivity contribution in [3.63, 3.8) is 0 Å². The van der Waals surface area contributed by atoms with Crippen molar-refractivity contribution in [2.45, 2.75) is 32.6 Å². The predicted molar refractivity (Wildman–Crippen MR) is 99.9 cm³/mol. The number of fused-ring (bicyclic) bond motifs is 1. The standard InChI is InChI=1S/C21H19ClN2O/c1-13-3-9-18(10-4-13)24-19-11-16(15-5-7-17(22)8-6-15)12-20(25)21(19)14(2)23-24/h3-10,16H,11-12H2,1-2H3/t16-/m0/s1. The van der Waals surface area contributed by atoms with Gasteiger partial charge in [0.2, 0.25) is 0 Å². The second-order valence-electron chi connectivity index (χ2n) is 6.73. The van der Waals surface area contributed by atoms with E-state index in [9.17, 15) is 4.79 Å². The van der Waals surface area contributed by atoms with Crippen LogP contribution < -0.4 is 0 Å². The Labute approximate surface area is 152 Å². The molecule has 0 fully saturated rings. The van der Waals surface area contributed by atoms with Crippen LogP contribution in [0.3, 0.4) is 0 Å². The third-order valence-electron chi connectivity index (χ3n) is 4.93. The minimum atomic E-state index is 0.164. The summed E-state index contributed by atoms with van der Waals surface area (Å²) in [6.07, 6.45) is 1.33. The Morgan fingerprint density at radius 1 is 1.00 bits per heavy atom. The van der Waals surface area contributed by atoms with Crippen LogP contribution in [-0.4, -0.2) is 15.6 Å². The maximum absolute atomic E-state index is 12.8. The Morgan fingerprint density at radius 3 is 2.36 bits per heavy atom. The van der Waals surface area contributed by atoms with E-state index in [1.807, 2.05) is 35.9 Å². The third-order valence-corrected chi connectivity index (χ3v) is 5.18. The van der Waals surface area contributed by atoms with Gasteiger partial charge in [-0.15, -0.1) is 0 Å². The molecule has 1 aliphatic rings. The summed E-state index contributed by atoms with van der Waals surface area (Å²) in [7, 11) is 0. The molecule has 1 aromatic heterocycles. The molecule has 2 aromatic carbocycles. The van der Waals surface area contributed by atoms with Crippen molar-refractivity contribution >= 4 is 17.4 Å². The summed E-state index contributed by atoms with van der Waals surface area (Å²) < 4.78 is 1.93. The molecular formula is C21H19ClN2O. The van der Waals surface area contributed by atoms with Gasteiger partial charge in [-0.05, 0) is 56.0 Å². The highest BCUT2D eigenvalue weighted by Gasteiger charge is 2.32. The second kappa shape index (κ2) is 6.16. The van der Waals surface area contributed by atoms with Gasteiger partial charge in [-0.25, -0.2) is 4.68 Å². The molecular weight excluding hydrogens is 332 g/mol. The van der Waals surface area contributed by atoms with Crippen molar-refractivity contribution in [3.05, 3.63) is 81.6 Å². The minimum Gasteiger partial charge on any atom is -0.294 e. The van der Waals surface area contributed by atoms with Crippen molar-refractivity contribution in [3.8, 4) is 5.69 Å². The van der Waals surface area contributed by atoms with E-state index in [-0.39, 0.29) is 11.7 Å². The smallest absolute Gasteiger partial charge is 0.167 e. The molecule has 0 bridgehead atoms. The maximum Gasteiger partial charge on any atom is 0.167 e. The summed E-state index contributed by atoms with van der Waals surface area (Å²) in [5.74, 6) is 0.342. The molecule has 3 aromatic rings. The molecule has 0 saturated carbocycles. The summed E-state index contributed by atoms with van der Waals surface area (Å²) in [4.78, 5) is 12.8. The van der Waals surface area contributed by atoms with Crippen LogP contribution in [0, 0.1) is 13.8 Å². The van der Waals surface area contributed by atoms with Crippen LogP contribution >= 0.6 is 11.6 Å². The normalized spacial score (nSPS) is 16.8. The van der Waals surface area contributed by atoms with Gasteiger partial charge in [0.25, 0.3) is 0 Å². The van der Waals surface area contributed by atoms with E-state index < -0.39 is 0 Å². The van der Waals surface area contributed by atoms with E-state index in [1.165, 1.54) is 5.56 Å². The highest BCUT2D eigenvalue weighted by atomic mass is 35.5. The van der Waals surface area contributed by atoms with Crippen LogP contribution in [0.25, 0.3) is 5.69 Å². The molecule has 3 nitrogen and oxygen atoms in total. The number of carbonyl (C=O) groups is 1. The molecule has 0 spiro atoms. The summed E-state index contributed by atoms with van der Waals surface area (Å²) in [6.45, 7) is 3.98. The van der Waals surface area contributed by atoms with Crippen LogP contribution in [0.15, 0.2) is 48.5 Å². The summed E-state index contributed by atoms with van der Waals surface area (Å²) >= 11 is 6.00. The molecule has 4 heteroatoms. The molecule has 0 saturated heterocycles. The number of hydrogen-bond donors (Lipinski definition) is 0. The van der Waals surface area contributed by atoms with Gasteiger partial charge in [-0.1, -0.05) is 41.4 Å². The van der Waals surface area contributed by atoms with Crippen LogP contribution in [0.5, 0.6) is 0 Å². The number of aromatic nitrogens is 2. The van der Waals surface area contributed by atoms with E-state index in [1.54, 1.807) is 0 Å². The fourth-order valence-electron chi connectivity index (χ4n) is 3.63. The Morgan fingerprint density at radius 2 is 1.68 bits per heavy atom. The summed E-state index contributed by atoms with van der Waals surface area (Å²) in [5.41, 5.74) is 5.98. The van der Waals surface area contributed by atoms with E-state index >= 15 is 0 Å². The van der Waals surface area contributed by atoms with Gasteiger partial charge in [-0.2, -0.15) is 5.10 Å². The first-order valence-corrected chi connectivity index (χ1v) is 8.85. The zero-order valence-electron chi connectivity index (χ0n) is 14.3. The molecule has 0 unspecified atom stereocenters. The molecule has 1 heterocycles. The lowest BCUT2D eigenvalue weighted by Crippen LogP contribution is -2.20. The van der Waals surface area contributed by atoms with E-state index in [0.717, 1.165) is 34.6 Å². The van der Waals surface area contributed by atoms with Gasteiger partial charge in [0.05, 0.1) is 22.6 Å². The monoisotopic (exact) mass is 350 g/mol. The summed E-state index contributed by atoms with van der Waals surface area (Å²) in [5, 5.41) is 5.37. The lowest BCUT2D eigenvalue weighted by atomic mass is 9.81. The Hall–Kier alpha value is -2.39. The molecule has 0 radical (unpaired) electrons. The fraction of sp³-hybridized carbons (Fsp3) is 0.238. The zero-order chi connectivity index (χ0) is 17.6. The lowest BCUT2D eigenvalue weighted by molar-refractivity contribution is 0.0963. The molecule has 4 rings (SSSR count). The van der Waals surface area contributed by atoms with Crippen LogP contribution in [-0.2, 0) is 6.42 Å². The van der Waals surface area contributed by atoms with Gasteiger partial charge < -0.3 is 0 Å². The number of ketones is 1. The Bertz CT molecular complexity index is 939. The first kappa shape index (κ1) is 16.1. The molecule has 25 heavy (non-hydrogen) atoms. The van der Waals surface area contributed by atoms with Gasteiger partial charge in [0.1, 0.15) is 0 Å². The number of Topliss-reactive ketones (excluding diaryl/α,β-unsaturated/α-hetero) is 1. The average Bonchev–Trinajstić information content (AvgIpc) is 2.93. The van der Waals surface area contributed by atoms with Crippen LogP contribution in [0.4, 0.5) is 0 Å². The largest absolute Gasteiger partial charge is 0.294 e. The molecule has 1 aliphatic carbocycles. The minimum absolute atomic E-state index is 0.164. The lowest BCUT2D eigenvalue weighted by Gasteiger charge is -2.23. The van der Waals surface area contributed by atoms with E-state index in [0.29, 0.717) is 11.4 Å². The topological polar surface area (TPSA) is 34.9 Å². The highest BCUT2D eigenvalue weighted by Crippen LogP contribution is 2.35. The summed E-state index contributed by atoms with van der Waals surface area (Å²) in [6, 6.07) is 16.1. The Balaban J connectivity index is 1.78. The number of halogens is 1. The third kappa shape index (κ3) is 2.89. The maximum atomic E-state index is 12.8. The van der Waals surface area contributed by atoms with Crippen molar-refractivity contribution in [2.24, 2.45) is 0 Å². The number of nitrogens with zero attached hydrogens (tertiary/aromatic N) is 2. The number of hydrogen-bond acceptors (Lipinski definition) is 2. The highest BCUT2D eigenvalue weighted by molar-refractivity contribution is 6.30. The van der Waals surface area contributed by atoms with E-state index in [2.05, 4.69) is 36.3 Å². The quantitative estimate of drug-likeness (QED) is 0.647. The first-order valence-electron chi connectivity index (χ1n) is 8.47. The molecule has 1 atom stereocenters. The SMILES string of the molecule is Cc1ccc(-n2nc(C)c3c2C[C@H](c2ccc(Cl)cc2)CC3=O)cc1. The van der Waals surface area contributed by atoms with E-state index in [4.69, 9.17) is 11.6 Å². The van der Waals surface area contributed by atoms with Crippen molar-refractivity contribution in [2.75, 3.05) is 0 Å².